The summed E-state index contributed by atoms with van der Waals surface area (Å²) in [5.74, 6) is 0.925. The fourth-order valence-electron chi connectivity index (χ4n) is 4.97. The summed E-state index contributed by atoms with van der Waals surface area (Å²) in [4.78, 5) is 28.9. The molecule has 1 saturated heterocycles. The summed E-state index contributed by atoms with van der Waals surface area (Å²) in [7, 11) is 0.252. The van der Waals surface area contributed by atoms with Gasteiger partial charge < -0.3 is 24.7 Å². The van der Waals surface area contributed by atoms with Crippen molar-refractivity contribution in [3.05, 3.63) is 76.6 Å². The third-order valence-corrected chi connectivity index (χ3v) is 8.15. The zero-order valence-corrected chi connectivity index (χ0v) is 24.3. The van der Waals surface area contributed by atoms with Crippen LogP contribution in [0.3, 0.4) is 0 Å². The number of morpholine rings is 1. The molecule has 40 heavy (non-hydrogen) atoms. The van der Waals surface area contributed by atoms with Crippen molar-refractivity contribution < 1.29 is 19.1 Å². The predicted octanol–water partition coefficient (Wildman–Crippen LogP) is 3.58. The molecule has 10 heteroatoms. The van der Waals surface area contributed by atoms with Gasteiger partial charge in [-0.15, -0.1) is 0 Å². The average Bonchev–Trinajstić information content (AvgIpc) is 3.50. The maximum absolute atomic E-state index is 14.0. The van der Waals surface area contributed by atoms with E-state index in [9.17, 15) is 9.59 Å². The quantitative estimate of drug-likeness (QED) is 0.190. The predicted molar refractivity (Wildman–Crippen MR) is 160 cm³/mol. The average molecular weight is 563 g/mol. The molecule has 9 nitrogen and oxygen atoms in total. The molecule has 0 bridgehead atoms. The highest BCUT2D eigenvalue weighted by Crippen LogP contribution is 2.28. The van der Waals surface area contributed by atoms with E-state index >= 15 is 0 Å². The van der Waals surface area contributed by atoms with Crippen molar-refractivity contribution in [2.45, 2.75) is 20.6 Å². The van der Waals surface area contributed by atoms with Gasteiger partial charge in [0.25, 0.3) is 5.91 Å². The van der Waals surface area contributed by atoms with E-state index in [-0.39, 0.29) is 35.1 Å². The zero-order chi connectivity index (χ0) is 28.4. The van der Waals surface area contributed by atoms with Gasteiger partial charge in [0.2, 0.25) is 5.78 Å². The Morgan fingerprint density at radius 2 is 1.85 bits per heavy atom. The van der Waals surface area contributed by atoms with E-state index in [2.05, 4.69) is 23.7 Å². The molecule has 1 amide bonds. The van der Waals surface area contributed by atoms with Gasteiger partial charge in [0.05, 0.1) is 61.0 Å². The van der Waals surface area contributed by atoms with E-state index < -0.39 is 0 Å². The first-order valence-electron chi connectivity index (χ1n) is 13.3. The number of carbonyl (C=O) groups excluding carboxylic acids is 2. The first-order chi connectivity index (χ1) is 19.2. The number of ether oxygens (including phenoxy) is 2. The van der Waals surface area contributed by atoms with Gasteiger partial charge in [-0.25, -0.2) is 4.68 Å². The number of anilines is 1. The van der Waals surface area contributed by atoms with Crippen LogP contribution in [0.1, 0.15) is 37.5 Å². The second kappa shape index (κ2) is 11.9. The van der Waals surface area contributed by atoms with Gasteiger partial charge in [0.15, 0.2) is 0 Å². The lowest BCUT2D eigenvalue weighted by atomic mass is 10.1. The summed E-state index contributed by atoms with van der Waals surface area (Å²) in [5, 5.41) is 5.25. The molecule has 4 aromatic rings. The molecule has 0 saturated carbocycles. The monoisotopic (exact) mass is 562 g/mol. The number of nitrogen functional groups attached to an aromatic ring is 1. The van der Waals surface area contributed by atoms with Crippen molar-refractivity contribution in [3.8, 4) is 5.69 Å². The molecule has 2 aromatic heterocycles. The van der Waals surface area contributed by atoms with Crippen LogP contribution in [-0.4, -0.2) is 82.1 Å². The number of benzene rings is 2. The van der Waals surface area contributed by atoms with Crippen LogP contribution in [-0.2, 0) is 27.1 Å². The highest BCUT2D eigenvalue weighted by Gasteiger charge is 2.25. The minimum absolute atomic E-state index is 0.0426. The van der Waals surface area contributed by atoms with Gasteiger partial charge in [-0.1, -0.05) is 17.7 Å². The summed E-state index contributed by atoms with van der Waals surface area (Å²) in [6.07, 6.45) is 5.87. The second-order valence-corrected chi connectivity index (χ2v) is 12.7. The lowest BCUT2D eigenvalue weighted by Crippen LogP contribution is -2.40. The van der Waals surface area contributed by atoms with Crippen LogP contribution >= 0.6 is 0 Å². The zero-order valence-electron chi connectivity index (χ0n) is 23.5. The van der Waals surface area contributed by atoms with Crippen molar-refractivity contribution in [2.24, 2.45) is 0 Å². The lowest BCUT2D eigenvalue weighted by molar-refractivity contribution is 0.0303. The third-order valence-electron chi connectivity index (χ3n) is 7.17. The largest absolute Gasteiger partial charge is 0.383 e. The Kier molecular flexibility index (Phi) is 8.30. The molecular weight excluding hydrogens is 526 g/mol. The molecule has 1 aliphatic rings. The first kappa shape index (κ1) is 27.9. The van der Waals surface area contributed by atoms with E-state index in [1.54, 1.807) is 9.58 Å². The number of aromatic nitrogens is 3. The van der Waals surface area contributed by atoms with Crippen molar-refractivity contribution in [2.75, 3.05) is 56.9 Å². The number of amides is 1. The maximum atomic E-state index is 14.0. The lowest BCUT2D eigenvalue weighted by Gasteiger charge is -2.26. The molecule has 2 N–H and O–H groups in total. The minimum atomic E-state index is -0.250. The Hall–Kier alpha value is -3.60. The van der Waals surface area contributed by atoms with Gasteiger partial charge in [-0.05, 0) is 60.6 Å². The molecule has 0 spiro atoms. The number of carbonyl (C=O) groups is 2. The highest BCUT2D eigenvalue weighted by molar-refractivity contribution is 7.95. The molecule has 0 atom stereocenters. The number of nitrogens with zero attached hydrogens (tertiary/aromatic N) is 4. The number of rotatable bonds is 9. The third kappa shape index (κ3) is 5.65. The Balaban J connectivity index is 1.51. The Bertz CT molecular complexity index is 1550. The van der Waals surface area contributed by atoms with Crippen molar-refractivity contribution in [1.82, 2.24) is 19.2 Å². The molecule has 0 unspecified atom stereocenters. The summed E-state index contributed by atoms with van der Waals surface area (Å²) >= 11 is 0. The number of hydrogen-bond acceptors (Lipinski definition) is 6. The second-order valence-electron chi connectivity index (χ2n) is 10.3. The number of hydrogen-bond donors (Lipinski definition) is 1. The Morgan fingerprint density at radius 3 is 2.58 bits per heavy atom. The SMILES string of the molecule is Cc1ccc(-n2ncc(C(=O)c3cc4cc(C(=O)N5CCOCC5)ccc4n3COCC[S+](C)C)c2N)c(C)c1. The number of nitrogens with two attached hydrogens (primary N) is 1. The fraction of sp³-hybridized carbons (Fsp3) is 0.367. The molecule has 5 rings (SSSR count). The van der Waals surface area contributed by atoms with Crippen LogP contribution in [0.25, 0.3) is 16.6 Å². The molecule has 2 aromatic carbocycles. The van der Waals surface area contributed by atoms with Gasteiger partial charge >= 0.3 is 0 Å². The van der Waals surface area contributed by atoms with Crippen molar-refractivity contribution >= 4 is 39.3 Å². The van der Waals surface area contributed by atoms with Gasteiger partial charge in [-0.3, -0.25) is 9.59 Å². The van der Waals surface area contributed by atoms with Crippen LogP contribution in [0.15, 0.2) is 48.7 Å². The van der Waals surface area contributed by atoms with E-state index in [0.717, 1.165) is 33.5 Å². The Morgan fingerprint density at radius 1 is 1.07 bits per heavy atom. The maximum Gasteiger partial charge on any atom is 0.254 e. The van der Waals surface area contributed by atoms with Crippen LogP contribution in [0.5, 0.6) is 0 Å². The molecule has 1 fully saturated rings. The topological polar surface area (TPSA) is 105 Å². The van der Waals surface area contributed by atoms with E-state index in [4.69, 9.17) is 15.2 Å². The van der Waals surface area contributed by atoms with Crippen LogP contribution in [0, 0.1) is 13.8 Å². The number of aryl methyl sites for hydroxylation is 2. The number of fused-ring (bicyclic) bond motifs is 1. The molecular formula is C30H36N5O4S+. The molecule has 1 aliphatic heterocycles. The molecule has 0 radical (unpaired) electrons. The van der Waals surface area contributed by atoms with E-state index in [1.165, 1.54) is 6.20 Å². The summed E-state index contributed by atoms with van der Waals surface area (Å²) in [6.45, 7) is 7.02. The summed E-state index contributed by atoms with van der Waals surface area (Å²) in [5.41, 5.74) is 11.6. The minimum Gasteiger partial charge on any atom is -0.383 e. The van der Waals surface area contributed by atoms with Crippen LogP contribution in [0.4, 0.5) is 5.82 Å². The van der Waals surface area contributed by atoms with Crippen LogP contribution in [0.2, 0.25) is 0 Å². The Labute approximate surface area is 237 Å². The summed E-state index contributed by atoms with van der Waals surface area (Å²) in [6, 6.07) is 13.4. The smallest absolute Gasteiger partial charge is 0.254 e. The molecule has 210 valence electrons. The normalized spacial score (nSPS) is 13.9. The van der Waals surface area contributed by atoms with Crippen molar-refractivity contribution in [3.63, 3.8) is 0 Å². The molecule has 3 heterocycles. The van der Waals surface area contributed by atoms with Crippen molar-refractivity contribution in [1.29, 1.82) is 0 Å². The fourth-order valence-corrected chi connectivity index (χ4v) is 5.42. The number of ketones is 1. The molecule has 0 aliphatic carbocycles. The standard InChI is InChI=1S/C30H35N5O4S/c1-20-5-7-25(21(2)15-20)35-29(31)24(18-32-35)28(36)27-17-23-16-22(30(37)33-9-11-38-12-10-33)6-8-26(23)34(27)19-39-13-14-40(3)4/h5-8,15-18H,9-14,19H2,1-4H3,(H-,31,32,36)/p+1. The first-order valence-corrected chi connectivity index (χ1v) is 15.5. The van der Waals surface area contributed by atoms with Gasteiger partial charge in [0.1, 0.15) is 18.3 Å². The van der Waals surface area contributed by atoms with E-state index in [1.807, 2.05) is 54.8 Å². The van der Waals surface area contributed by atoms with E-state index in [0.29, 0.717) is 49.7 Å². The van der Waals surface area contributed by atoms with Gasteiger partial charge in [-0.2, -0.15) is 5.10 Å². The van der Waals surface area contributed by atoms with Gasteiger partial charge in [0, 0.05) is 24.0 Å². The summed E-state index contributed by atoms with van der Waals surface area (Å²) < 4.78 is 14.9. The van der Waals surface area contributed by atoms with Crippen LogP contribution < -0.4 is 5.73 Å². The highest BCUT2D eigenvalue weighted by atomic mass is 32.2.